The number of ether oxygens (including phenoxy) is 2. The minimum atomic E-state index is -0.813. The second-order valence-electron chi connectivity index (χ2n) is 8.84. The number of amides is 1. The molecule has 4 rings (SSSR count). The maximum atomic E-state index is 14.5. The first-order valence-electron chi connectivity index (χ1n) is 10.0. The van der Waals surface area contributed by atoms with Gasteiger partial charge in [0.15, 0.2) is 0 Å². The summed E-state index contributed by atoms with van der Waals surface area (Å²) < 4.78 is 39.6. The van der Waals surface area contributed by atoms with Crippen molar-refractivity contribution in [3.8, 4) is 0 Å². The minimum absolute atomic E-state index is 0.00129. The molecule has 0 saturated carbocycles. The molecule has 2 N–H and O–H groups in total. The Hall–Kier alpha value is -2.52. The molecule has 3 atom stereocenters. The number of carbonyl (C=O) groups excluding carboxylic acids is 1. The van der Waals surface area contributed by atoms with Crippen LogP contribution in [0.25, 0.3) is 0 Å². The molecule has 2 aromatic rings. The van der Waals surface area contributed by atoms with Crippen LogP contribution in [0.4, 0.5) is 13.6 Å². The third kappa shape index (κ3) is 4.46. The molecule has 3 heterocycles. The van der Waals surface area contributed by atoms with E-state index < -0.39 is 35.5 Å². The molecule has 7 nitrogen and oxygen atoms in total. The van der Waals surface area contributed by atoms with Crippen molar-refractivity contribution in [2.45, 2.75) is 64.1 Å². The van der Waals surface area contributed by atoms with Crippen LogP contribution in [0.15, 0.2) is 24.4 Å². The molecule has 0 aliphatic carbocycles. The van der Waals surface area contributed by atoms with Crippen LogP contribution in [-0.4, -0.2) is 45.5 Å². The fourth-order valence-electron chi connectivity index (χ4n) is 4.05. The van der Waals surface area contributed by atoms with E-state index in [4.69, 9.17) is 9.47 Å². The topological polar surface area (TPSA) is 79.5 Å². The Morgan fingerprint density at radius 1 is 1.33 bits per heavy atom. The highest BCUT2D eigenvalue weighted by atomic mass is 19.1. The zero-order valence-electron chi connectivity index (χ0n) is 17.2. The van der Waals surface area contributed by atoms with Gasteiger partial charge in [-0.05, 0) is 45.4 Å². The number of alkyl carbamates (subject to hydrolysis) is 1. The fourth-order valence-corrected chi connectivity index (χ4v) is 4.05. The summed E-state index contributed by atoms with van der Waals surface area (Å²) in [5.41, 5.74) is 1.60. The number of benzene rings is 1. The third-order valence-electron chi connectivity index (χ3n) is 5.38. The van der Waals surface area contributed by atoms with Crippen molar-refractivity contribution in [2.24, 2.45) is 0 Å². The van der Waals surface area contributed by atoms with Gasteiger partial charge in [0.2, 0.25) is 0 Å². The number of aromatic nitrogens is 2. The molecule has 2 aliphatic rings. The van der Waals surface area contributed by atoms with Crippen LogP contribution in [-0.2, 0) is 22.6 Å². The summed E-state index contributed by atoms with van der Waals surface area (Å²) >= 11 is 0. The smallest absolute Gasteiger partial charge is 0.407 e. The van der Waals surface area contributed by atoms with Gasteiger partial charge in [0, 0.05) is 30.3 Å². The van der Waals surface area contributed by atoms with Crippen LogP contribution in [0.5, 0.6) is 0 Å². The van der Waals surface area contributed by atoms with E-state index >= 15 is 0 Å². The highest BCUT2D eigenvalue weighted by Crippen LogP contribution is 2.35. The van der Waals surface area contributed by atoms with Crippen molar-refractivity contribution in [3.05, 3.63) is 52.9 Å². The quantitative estimate of drug-likeness (QED) is 0.796. The zero-order chi connectivity index (χ0) is 21.5. The van der Waals surface area contributed by atoms with E-state index in [-0.39, 0.29) is 11.6 Å². The Morgan fingerprint density at radius 3 is 2.87 bits per heavy atom. The molecule has 9 heteroatoms. The molecule has 1 amide bonds. The van der Waals surface area contributed by atoms with Crippen molar-refractivity contribution in [2.75, 3.05) is 6.61 Å². The number of H-pyrrole nitrogens is 1. The van der Waals surface area contributed by atoms with E-state index in [1.807, 2.05) is 0 Å². The van der Waals surface area contributed by atoms with E-state index in [1.54, 1.807) is 27.0 Å². The molecular weight excluding hydrogens is 394 g/mol. The Bertz CT molecular complexity index is 907. The third-order valence-corrected chi connectivity index (χ3v) is 5.38. The molecule has 2 unspecified atom stereocenters. The van der Waals surface area contributed by atoms with Gasteiger partial charge in [-0.2, -0.15) is 5.10 Å². The lowest BCUT2D eigenvalue weighted by Gasteiger charge is -2.40. The van der Waals surface area contributed by atoms with Crippen molar-refractivity contribution in [1.82, 2.24) is 20.4 Å². The number of carbonyl (C=O) groups is 1. The summed E-state index contributed by atoms with van der Waals surface area (Å²) in [6, 6.07) is 2.68. The van der Waals surface area contributed by atoms with E-state index in [2.05, 4.69) is 20.4 Å². The van der Waals surface area contributed by atoms with E-state index in [0.29, 0.717) is 19.6 Å². The van der Waals surface area contributed by atoms with Crippen molar-refractivity contribution >= 4 is 6.09 Å². The highest BCUT2D eigenvalue weighted by Gasteiger charge is 2.39. The number of hydrogen-bond acceptors (Lipinski definition) is 5. The average molecular weight is 420 g/mol. The number of halogens is 2. The second kappa shape index (κ2) is 7.96. The number of rotatable bonds is 3. The molecule has 1 saturated heterocycles. The first kappa shape index (κ1) is 20.7. The Morgan fingerprint density at radius 2 is 2.13 bits per heavy atom. The maximum absolute atomic E-state index is 14.5. The number of nitrogens with one attached hydrogen (secondary N) is 2. The first-order valence-corrected chi connectivity index (χ1v) is 10.0. The van der Waals surface area contributed by atoms with Crippen LogP contribution in [0, 0.1) is 11.6 Å². The lowest BCUT2D eigenvalue weighted by molar-refractivity contribution is -0.0628. The monoisotopic (exact) mass is 420 g/mol. The number of nitrogens with zero attached hydrogens (tertiary/aromatic N) is 2. The summed E-state index contributed by atoms with van der Waals surface area (Å²) in [6.45, 7) is 7.05. The fraction of sp³-hybridized carbons (Fsp3) is 0.524. The first-order chi connectivity index (χ1) is 14.2. The Labute approximate surface area is 173 Å². The number of fused-ring (bicyclic) bond motifs is 1. The molecular formula is C21H26F2N4O3. The standard InChI is InChI=1S/C21H26F2N4O3/c1-21(2,3)30-20(28)25-17-7-14(27-9-12-8-24-26-18(12)10-27)11-29-19(17)15-6-13(22)4-5-16(15)23/h4-6,8,14,17,19H,7,9-11H2,1-3H3,(H,24,26)(H,25,28)/t14?,17?,19-/m1/s1. The van der Waals surface area contributed by atoms with Gasteiger partial charge in [-0.25, -0.2) is 13.6 Å². The van der Waals surface area contributed by atoms with Crippen molar-refractivity contribution in [1.29, 1.82) is 0 Å². The molecule has 0 spiro atoms. The van der Waals surface area contributed by atoms with Gasteiger partial charge in [0.05, 0.1) is 24.5 Å². The second-order valence-corrected chi connectivity index (χ2v) is 8.84. The van der Waals surface area contributed by atoms with E-state index in [0.717, 1.165) is 36.0 Å². The molecule has 162 valence electrons. The van der Waals surface area contributed by atoms with Gasteiger partial charge >= 0.3 is 6.09 Å². The summed E-state index contributed by atoms with van der Waals surface area (Å²) in [5, 5.41) is 9.86. The molecule has 0 bridgehead atoms. The summed E-state index contributed by atoms with van der Waals surface area (Å²) in [7, 11) is 0. The molecule has 30 heavy (non-hydrogen) atoms. The average Bonchev–Trinajstić information content (AvgIpc) is 3.24. The number of hydrogen-bond donors (Lipinski definition) is 2. The Kier molecular flexibility index (Phi) is 5.50. The van der Waals surface area contributed by atoms with E-state index in [9.17, 15) is 13.6 Å². The maximum Gasteiger partial charge on any atom is 0.407 e. The van der Waals surface area contributed by atoms with Crippen LogP contribution < -0.4 is 5.32 Å². The largest absolute Gasteiger partial charge is 0.444 e. The predicted octanol–water partition coefficient (Wildman–Crippen LogP) is 3.43. The molecule has 1 fully saturated rings. The predicted molar refractivity (Wildman–Crippen MR) is 104 cm³/mol. The lowest BCUT2D eigenvalue weighted by atomic mass is 9.92. The van der Waals surface area contributed by atoms with Crippen LogP contribution in [0.3, 0.4) is 0 Å². The zero-order valence-corrected chi connectivity index (χ0v) is 17.2. The summed E-state index contributed by atoms with van der Waals surface area (Å²) in [5.74, 6) is -1.13. The van der Waals surface area contributed by atoms with Gasteiger partial charge in [0.25, 0.3) is 0 Å². The molecule has 0 radical (unpaired) electrons. The van der Waals surface area contributed by atoms with Gasteiger partial charge in [-0.1, -0.05) is 0 Å². The van der Waals surface area contributed by atoms with Crippen LogP contribution in [0.2, 0.25) is 0 Å². The van der Waals surface area contributed by atoms with Gasteiger partial charge in [0.1, 0.15) is 23.3 Å². The van der Waals surface area contributed by atoms with Gasteiger partial charge in [-0.3, -0.25) is 10.00 Å². The van der Waals surface area contributed by atoms with E-state index in [1.165, 1.54) is 0 Å². The minimum Gasteiger partial charge on any atom is -0.444 e. The highest BCUT2D eigenvalue weighted by molar-refractivity contribution is 5.68. The van der Waals surface area contributed by atoms with Crippen LogP contribution in [0.1, 0.15) is 50.1 Å². The van der Waals surface area contributed by atoms with Crippen molar-refractivity contribution in [3.63, 3.8) is 0 Å². The molecule has 2 aliphatic heterocycles. The summed E-state index contributed by atoms with van der Waals surface area (Å²) in [6.07, 6.45) is 0.888. The Balaban J connectivity index is 1.53. The summed E-state index contributed by atoms with van der Waals surface area (Å²) in [4.78, 5) is 14.7. The van der Waals surface area contributed by atoms with Gasteiger partial charge < -0.3 is 14.8 Å². The SMILES string of the molecule is CC(C)(C)OC(=O)NC1CC(N2Cc3cn[nH]c3C2)CO[C@@H]1c1cc(F)ccc1F. The van der Waals surface area contributed by atoms with Crippen LogP contribution >= 0.6 is 0 Å². The molecule has 1 aromatic carbocycles. The van der Waals surface area contributed by atoms with Crippen molar-refractivity contribution < 1.29 is 23.0 Å². The van der Waals surface area contributed by atoms with Gasteiger partial charge in [-0.15, -0.1) is 0 Å². The molecule has 1 aromatic heterocycles. The normalized spacial score (nSPS) is 24.5. The number of aromatic amines is 1. The lowest BCUT2D eigenvalue weighted by Crippen LogP contribution is -2.52.